The minimum absolute atomic E-state index is 0.125. The van der Waals surface area contributed by atoms with Crippen LogP contribution in [0.5, 0.6) is 0 Å². The number of benzene rings is 1. The van der Waals surface area contributed by atoms with E-state index in [1.165, 1.54) is 0 Å². The highest BCUT2D eigenvalue weighted by molar-refractivity contribution is 5.93. The fourth-order valence-electron chi connectivity index (χ4n) is 2.49. The van der Waals surface area contributed by atoms with Crippen molar-refractivity contribution in [1.82, 2.24) is 0 Å². The maximum atomic E-state index is 11.9. The largest absolute Gasteiger partial charge is 0.455 e. The number of esters is 2. The first-order valence-corrected chi connectivity index (χ1v) is 7.39. The molecule has 1 aromatic carbocycles. The number of fused-ring (bicyclic) bond motifs is 4. The Kier molecular flexibility index (Phi) is 5.91. The van der Waals surface area contributed by atoms with Crippen molar-refractivity contribution in [3.63, 3.8) is 0 Å². The molecule has 1 aliphatic carbocycles. The molecule has 22 heavy (non-hydrogen) atoms. The highest BCUT2D eigenvalue weighted by Gasteiger charge is 2.32. The Hall–Kier alpha value is -1.92. The molecule has 2 aliphatic heterocycles. The van der Waals surface area contributed by atoms with Gasteiger partial charge in [0, 0.05) is 0 Å². The molecule has 4 rings (SSSR count). The third-order valence-corrected chi connectivity index (χ3v) is 3.62. The Morgan fingerprint density at radius 2 is 1.18 bits per heavy atom. The second-order valence-corrected chi connectivity index (χ2v) is 5.20. The lowest BCUT2D eigenvalue weighted by Gasteiger charge is -2.31. The van der Waals surface area contributed by atoms with E-state index in [0.29, 0.717) is 11.1 Å². The first-order chi connectivity index (χ1) is 10.7. The Morgan fingerprint density at radius 3 is 1.50 bits per heavy atom. The second-order valence-electron chi connectivity index (χ2n) is 5.20. The monoisotopic (exact) mass is 308 g/mol. The van der Waals surface area contributed by atoms with E-state index in [9.17, 15) is 9.59 Å². The van der Waals surface area contributed by atoms with Crippen molar-refractivity contribution >= 4 is 11.9 Å². The van der Waals surface area contributed by atoms with Crippen molar-refractivity contribution in [3.05, 3.63) is 35.4 Å². The molecule has 0 spiro atoms. The normalized spacial score (nSPS) is 23.5. The minimum Gasteiger partial charge on any atom is -0.455 e. The number of carbonyl (C=O) groups is 2. The van der Waals surface area contributed by atoms with E-state index in [4.69, 9.17) is 19.7 Å². The average molecular weight is 308 g/mol. The van der Waals surface area contributed by atoms with Crippen LogP contribution < -0.4 is 0 Å². The number of hydrogen-bond donors (Lipinski definition) is 2. The van der Waals surface area contributed by atoms with Crippen LogP contribution in [0.4, 0.5) is 0 Å². The van der Waals surface area contributed by atoms with Gasteiger partial charge < -0.3 is 19.7 Å². The van der Waals surface area contributed by atoms with Gasteiger partial charge in [0.15, 0.2) is 0 Å². The second kappa shape index (κ2) is 7.91. The summed E-state index contributed by atoms with van der Waals surface area (Å²) >= 11 is 0. The molecule has 120 valence electrons. The molecular weight excluding hydrogens is 288 g/mol. The zero-order valence-corrected chi connectivity index (χ0v) is 12.2. The first-order valence-electron chi connectivity index (χ1n) is 7.39. The molecule has 3 aliphatic rings. The Bertz CT molecular complexity index is 463. The van der Waals surface area contributed by atoms with Crippen LogP contribution in [-0.4, -0.2) is 47.6 Å². The van der Waals surface area contributed by atoms with E-state index >= 15 is 0 Å². The topological polar surface area (TPSA) is 93.1 Å². The molecule has 0 saturated heterocycles. The van der Waals surface area contributed by atoms with Crippen LogP contribution in [0.15, 0.2) is 24.3 Å². The van der Waals surface area contributed by atoms with E-state index < -0.39 is 0 Å². The number of aliphatic hydroxyl groups excluding tert-OH is 2. The molecule has 0 aromatic heterocycles. The Labute approximate surface area is 128 Å². The fourth-order valence-corrected chi connectivity index (χ4v) is 2.49. The Balaban J connectivity index is 0.000000396. The lowest BCUT2D eigenvalue weighted by Crippen LogP contribution is -2.38. The van der Waals surface area contributed by atoms with E-state index in [1.807, 2.05) is 0 Å². The van der Waals surface area contributed by atoms with Crippen molar-refractivity contribution in [2.24, 2.45) is 0 Å². The van der Waals surface area contributed by atoms with E-state index in [-0.39, 0.29) is 37.4 Å². The van der Waals surface area contributed by atoms with Gasteiger partial charge in [0.2, 0.25) is 0 Å². The molecule has 0 radical (unpaired) electrons. The minimum atomic E-state index is -0.337. The molecule has 2 heterocycles. The van der Waals surface area contributed by atoms with Crippen LogP contribution in [-0.2, 0) is 9.47 Å². The maximum Gasteiger partial charge on any atom is 0.338 e. The molecule has 2 N–H and O–H groups in total. The number of carbonyl (C=O) groups excluding carboxylic acids is 2. The summed E-state index contributed by atoms with van der Waals surface area (Å²) in [7, 11) is 0. The molecule has 2 unspecified atom stereocenters. The molecule has 2 atom stereocenters. The predicted octanol–water partition coefficient (Wildman–Crippen LogP) is 1.30. The third-order valence-electron chi connectivity index (χ3n) is 3.62. The van der Waals surface area contributed by atoms with Gasteiger partial charge in [-0.25, -0.2) is 9.59 Å². The summed E-state index contributed by atoms with van der Waals surface area (Å²) in [6.45, 7) is -0.250. The van der Waals surface area contributed by atoms with E-state index in [1.54, 1.807) is 24.3 Å². The summed E-state index contributed by atoms with van der Waals surface area (Å²) in [6.07, 6.45) is 2.93. The molecular formula is C16H20O6. The van der Waals surface area contributed by atoms with Gasteiger partial charge in [0.1, 0.15) is 12.2 Å². The smallest absolute Gasteiger partial charge is 0.338 e. The number of ether oxygens (including phenoxy) is 2. The summed E-state index contributed by atoms with van der Waals surface area (Å²) in [5.41, 5.74) is 0.968. The van der Waals surface area contributed by atoms with Gasteiger partial charge in [-0.15, -0.1) is 0 Å². The van der Waals surface area contributed by atoms with Crippen LogP contribution in [0.3, 0.4) is 0 Å². The quantitative estimate of drug-likeness (QED) is 0.760. The zero-order valence-electron chi connectivity index (χ0n) is 12.2. The van der Waals surface area contributed by atoms with Crippen molar-refractivity contribution < 1.29 is 29.3 Å². The molecule has 0 amide bonds. The van der Waals surface area contributed by atoms with Gasteiger partial charge in [0.05, 0.1) is 24.3 Å². The van der Waals surface area contributed by atoms with Crippen molar-refractivity contribution in [2.45, 2.75) is 37.9 Å². The molecule has 6 heteroatoms. The van der Waals surface area contributed by atoms with Gasteiger partial charge in [-0.3, -0.25) is 0 Å². The third kappa shape index (κ3) is 4.05. The molecule has 1 fully saturated rings. The summed E-state index contributed by atoms with van der Waals surface area (Å²) in [6, 6.07) is 6.40. The summed E-state index contributed by atoms with van der Waals surface area (Å²) in [5, 5.41) is 15.2. The van der Waals surface area contributed by atoms with Gasteiger partial charge in [-0.2, -0.15) is 0 Å². The predicted molar refractivity (Wildman–Crippen MR) is 77.5 cm³/mol. The van der Waals surface area contributed by atoms with Crippen LogP contribution in [0, 0.1) is 0 Å². The van der Waals surface area contributed by atoms with Crippen LogP contribution in [0.2, 0.25) is 0 Å². The summed E-state index contributed by atoms with van der Waals surface area (Å²) in [5.74, 6) is -0.673. The van der Waals surface area contributed by atoms with E-state index in [0.717, 1.165) is 25.7 Å². The lowest BCUT2D eigenvalue weighted by atomic mass is 9.94. The molecule has 2 bridgehead atoms. The number of hydrogen-bond acceptors (Lipinski definition) is 6. The summed E-state index contributed by atoms with van der Waals surface area (Å²) in [4.78, 5) is 23.8. The van der Waals surface area contributed by atoms with Crippen LogP contribution in [0.25, 0.3) is 0 Å². The summed E-state index contributed by atoms with van der Waals surface area (Å²) < 4.78 is 10.9. The molecule has 1 saturated carbocycles. The van der Waals surface area contributed by atoms with Gasteiger partial charge in [0.25, 0.3) is 0 Å². The average Bonchev–Trinajstić information content (AvgIpc) is 2.56. The highest BCUT2D eigenvalue weighted by Crippen LogP contribution is 2.26. The van der Waals surface area contributed by atoms with E-state index in [2.05, 4.69) is 0 Å². The standard InChI is InChI=1S/C14H14O4.C2H6O2/c15-13-9-5-7-10(8-6-9)14(16)18-12-4-2-1-3-11(12)17-13;3-1-2-4/h5-8,11-12H,1-4H2;3-4H,1-2H2. The zero-order chi connectivity index (χ0) is 15.9. The van der Waals surface area contributed by atoms with Gasteiger partial charge in [-0.1, -0.05) is 0 Å². The number of rotatable bonds is 1. The van der Waals surface area contributed by atoms with Crippen molar-refractivity contribution in [1.29, 1.82) is 0 Å². The number of aliphatic hydroxyl groups is 2. The van der Waals surface area contributed by atoms with Gasteiger partial charge in [-0.05, 0) is 49.9 Å². The van der Waals surface area contributed by atoms with Crippen molar-refractivity contribution in [3.8, 4) is 0 Å². The maximum absolute atomic E-state index is 11.9. The SMILES string of the molecule is O=C1OC2CCCCC2OC(=O)c2ccc1cc2.OCCO. The van der Waals surface area contributed by atoms with Crippen LogP contribution in [0.1, 0.15) is 46.4 Å². The first kappa shape index (κ1) is 16.5. The fraction of sp³-hybridized carbons (Fsp3) is 0.500. The molecule has 6 nitrogen and oxygen atoms in total. The lowest BCUT2D eigenvalue weighted by molar-refractivity contribution is -0.0518. The highest BCUT2D eigenvalue weighted by atomic mass is 16.6. The van der Waals surface area contributed by atoms with Crippen LogP contribution >= 0.6 is 0 Å². The van der Waals surface area contributed by atoms with Gasteiger partial charge >= 0.3 is 11.9 Å². The Morgan fingerprint density at radius 1 is 0.818 bits per heavy atom. The van der Waals surface area contributed by atoms with Crippen molar-refractivity contribution in [2.75, 3.05) is 13.2 Å². The molecule has 1 aromatic rings.